The Morgan fingerprint density at radius 2 is 2.00 bits per heavy atom. The fraction of sp³-hybridized carbons (Fsp3) is 0.250. The van der Waals surface area contributed by atoms with E-state index in [0.717, 1.165) is 0 Å². The first kappa shape index (κ1) is 9.17. The minimum atomic E-state index is -0.593. The molecule has 0 aromatic carbocycles. The highest BCUT2D eigenvalue weighted by molar-refractivity contribution is 7.14. The second-order valence-corrected chi connectivity index (χ2v) is 3.70. The average molecular weight is 208 g/mol. The molecule has 0 saturated carbocycles. The first-order valence-electron chi connectivity index (χ1n) is 4.06. The van der Waals surface area contributed by atoms with Crippen molar-refractivity contribution in [2.75, 3.05) is 0 Å². The molecule has 2 aromatic heterocycles. The minimum Gasteiger partial charge on any atom is -0.386 e. The van der Waals surface area contributed by atoms with Crippen LogP contribution in [0.25, 0.3) is 10.8 Å². The molecule has 2 aromatic rings. The Morgan fingerprint density at radius 3 is 2.57 bits per heavy atom. The number of rotatable bonds is 2. The largest absolute Gasteiger partial charge is 0.386 e. The number of aromatic nitrogens is 4. The summed E-state index contributed by atoms with van der Waals surface area (Å²) in [6, 6.07) is 1.74. The van der Waals surface area contributed by atoms with Gasteiger partial charge in [0.15, 0.2) is 10.8 Å². The second-order valence-electron chi connectivity index (χ2n) is 2.69. The number of hydrogen-bond acceptors (Lipinski definition) is 6. The van der Waals surface area contributed by atoms with E-state index in [1.54, 1.807) is 25.4 Å². The van der Waals surface area contributed by atoms with Crippen LogP contribution < -0.4 is 0 Å². The summed E-state index contributed by atoms with van der Waals surface area (Å²) in [5.74, 6) is 0.539. The van der Waals surface area contributed by atoms with Crippen LogP contribution in [0.4, 0.5) is 0 Å². The molecule has 72 valence electrons. The van der Waals surface area contributed by atoms with Crippen LogP contribution in [0.1, 0.15) is 18.0 Å². The van der Waals surface area contributed by atoms with Crippen LogP contribution in [0.2, 0.25) is 0 Å². The first-order chi connectivity index (χ1) is 6.77. The van der Waals surface area contributed by atoms with Gasteiger partial charge >= 0.3 is 0 Å². The van der Waals surface area contributed by atoms with E-state index >= 15 is 0 Å². The molecule has 0 aliphatic carbocycles. The normalized spacial score (nSPS) is 12.7. The molecular formula is C8H8N4OS. The molecular weight excluding hydrogens is 200 g/mol. The molecule has 5 nitrogen and oxygen atoms in total. The van der Waals surface area contributed by atoms with E-state index in [4.69, 9.17) is 0 Å². The van der Waals surface area contributed by atoms with Crippen molar-refractivity contribution in [1.82, 2.24) is 20.2 Å². The first-order valence-corrected chi connectivity index (χ1v) is 4.88. The molecule has 0 aliphatic rings. The molecule has 0 spiro atoms. The van der Waals surface area contributed by atoms with Gasteiger partial charge in [0.05, 0.1) is 0 Å². The van der Waals surface area contributed by atoms with Gasteiger partial charge in [-0.25, -0.2) is 9.97 Å². The third kappa shape index (κ3) is 1.75. The van der Waals surface area contributed by atoms with Gasteiger partial charge in [0.2, 0.25) is 0 Å². The molecule has 1 unspecified atom stereocenters. The highest BCUT2D eigenvalue weighted by Crippen LogP contribution is 2.23. The molecule has 14 heavy (non-hydrogen) atoms. The molecule has 6 heteroatoms. The molecule has 2 heterocycles. The van der Waals surface area contributed by atoms with E-state index in [1.165, 1.54) is 11.3 Å². The van der Waals surface area contributed by atoms with Gasteiger partial charge in [0.1, 0.15) is 11.1 Å². The van der Waals surface area contributed by atoms with Gasteiger partial charge in [0.25, 0.3) is 0 Å². The quantitative estimate of drug-likeness (QED) is 0.798. The third-order valence-electron chi connectivity index (χ3n) is 1.56. The molecule has 0 saturated heterocycles. The lowest BCUT2D eigenvalue weighted by atomic mass is 10.4. The van der Waals surface area contributed by atoms with Crippen LogP contribution in [0.3, 0.4) is 0 Å². The summed E-state index contributed by atoms with van der Waals surface area (Å²) >= 11 is 1.30. The van der Waals surface area contributed by atoms with E-state index in [2.05, 4.69) is 20.2 Å². The number of aliphatic hydroxyl groups excluding tert-OH is 1. The van der Waals surface area contributed by atoms with Crippen molar-refractivity contribution in [3.63, 3.8) is 0 Å². The van der Waals surface area contributed by atoms with Crippen molar-refractivity contribution in [1.29, 1.82) is 0 Å². The van der Waals surface area contributed by atoms with Crippen LogP contribution in [-0.4, -0.2) is 25.3 Å². The predicted octanol–water partition coefficient (Wildman–Crippen LogP) is 1.05. The van der Waals surface area contributed by atoms with Gasteiger partial charge < -0.3 is 5.11 Å². The molecule has 0 amide bonds. The van der Waals surface area contributed by atoms with Gasteiger partial charge in [-0.2, -0.15) is 0 Å². The number of aliphatic hydroxyl groups is 1. The third-order valence-corrected chi connectivity index (χ3v) is 2.64. The van der Waals surface area contributed by atoms with Crippen LogP contribution in [0, 0.1) is 0 Å². The molecule has 2 rings (SSSR count). The fourth-order valence-electron chi connectivity index (χ4n) is 0.903. The van der Waals surface area contributed by atoms with Crippen molar-refractivity contribution < 1.29 is 5.11 Å². The zero-order valence-electron chi connectivity index (χ0n) is 7.45. The SMILES string of the molecule is CC(O)c1nnc(-c2ncccn2)s1. The van der Waals surface area contributed by atoms with Crippen LogP contribution in [-0.2, 0) is 0 Å². The van der Waals surface area contributed by atoms with E-state index in [9.17, 15) is 5.11 Å². The Kier molecular flexibility index (Phi) is 2.47. The monoisotopic (exact) mass is 208 g/mol. The Bertz CT molecular complexity index is 414. The van der Waals surface area contributed by atoms with Crippen LogP contribution in [0.5, 0.6) is 0 Å². The summed E-state index contributed by atoms with van der Waals surface area (Å²) in [7, 11) is 0. The molecule has 0 bridgehead atoms. The lowest BCUT2D eigenvalue weighted by Gasteiger charge is -1.93. The van der Waals surface area contributed by atoms with Crippen LogP contribution >= 0.6 is 11.3 Å². The molecule has 1 atom stereocenters. The van der Waals surface area contributed by atoms with Gasteiger partial charge in [-0.05, 0) is 13.0 Å². The lowest BCUT2D eigenvalue weighted by molar-refractivity contribution is 0.198. The molecule has 0 radical (unpaired) electrons. The Hall–Kier alpha value is -1.40. The maximum absolute atomic E-state index is 9.25. The smallest absolute Gasteiger partial charge is 0.190 e. The van der Waals surface area contributed by atoms with Gasteiger partial charge in [-0.15, -0.1) is 10.2 Å². The Morgan fingerprint density at radius 1 is 1.29 bits per heavy atom. The minimum absolute atomic E-state index is 0.539. The summed E-state index contributed by atoms with van der Waals surface area (Å²) in [6.45, 7) is 1.65. The Balaban J connectivity index is 2.34. The number of hydrogen-bond donors (Lipinski definition) is 1. The number of nitrogens with zero attached hydrogens (tertiary/aromatic N) is 4. The summed E-state index contributed by atoms with van der Waals surface area (Å²) in [5, 5.41) is 18.2. The highest BCUT2D eigenvalue weighted by atomic mass is 32.1. The summed E-state index contributed by atoms with van der Waals surface area (Å²) < 4.78 is 0. The van der Waals surface area contributed by atoms with Crippen molar-refractivity contribution in [3.05, 3.63) is 23.5 Å². The topological polar surface area (TPSA) is 71.8 Å². The zero-order valence-corrected chi connectivity index (χ0v) is 8.27. The average Bonchev–Trinajstić information content (AvgIpc) is 2.68. The van der Waals surface area contributed by atoms with Gasteiger partial charge in [-0.3, -0.25) is 0 Å². The van der Waals surface area contributed by atoms with Crippen LogP contribution in [0.15, 0.2) is 18.5 Å². The molecule has 0 aliphatic heterocycles. The Labute approximate surface area is 84.5 Å². The standard InChI is InChI=1S/C8H8N4OS/c1-5(13)7-11-12-8(14-7)6-9-3-2-4-10-6/h2-5,13H,1H3. The van der Waals surface area contributed by atoms with E-state index in [1.807, 2.05) is 0 Å². The van der Waals surface area contributed by atoms with E-state index in [0.29, 0.717) is 15.8 Å². The molecule has 0 fully saturated rings. The van der Waals surface area contributed by atoms with E-state index < -0.39 is 6.10 Å². The lowest BCUT2D eigenvalue weighted by Crippen LogP contribution is -1.88. The van der Waals surface area contributed by atoms with E-state index in [-0.39, 0.29) is 0 Å². The zero-order chi connectivity index (χ0) is 9.97. The summed E-state index contributed by atoms with van der Waals surface area (Å²) in [4.78, 5) is 8.07. The van der Waals surface area contributed by atoms with Crippen molar-refractivity contribution in [3.8, 4) is 10.8 Å². The fourth-order valence-corrected chi connectivity index (χ4v) is 1.63. The van der Waals surface area contributed by atoms with Gasteiger partial charge in [-0.1, -0.05) is 11.3 Å². The summed E-state index contributed by atoms with van der Waals surface area (Å²) in [6.07, 6.45) is 2.70. The maximum Gasteiger partial charge on any atom is 0.190 e. The predicted molar refractivity (Wildman–Crippen MR) is 51.6 cm³/mol. The maximum atomic E-state index is 9.25. The second kappa shape index (κ2) is 3.77. The highest BCUT2D eigenvalue weighted by Gasteiger charge is 2.11. The molecule has 1 N–H and O–H groups in total. The van der Waals surface area contributed by atoms with Crippen molar-refractivity contribution in [2.24, 2.45) is 0 Å². The summed E-state index contributed by atoms with van der Waals surface area (Å²) in [5.41, 5.74) is 0. The van der Waals surface area contributed by atoms with Gasteiger partial charge in [0, 0.05) is 12.4 Å². The van der Waals surface area contributed by atoms with Crippen molar-refractivity contribution in [2.45, 2.75) is 13.0 Å². The van der Waals surface area contributed by atoms with Crippen molar-refractivity contribution >= 4 is 11.3 Å².